The molecule has 128 valence electrons. The highest BCUT2D eigenvalue weighted by atomic mass is 16.4. The van der Waals surface area contributed by atoms with Gasteiger partial charge in [-0.25, -0.2) is 0 Å². The molecule has 0 aliphatic rings. The Hall–Kier alpha value is -1.05. The third kappa shape index (κ3) is 15.3. The highest BCUT2D eigenvalue weighted by Crippen LogP contribution is 2.21. The minimum Gasteiger partial charge on any atom is -0.481 e. The number of hydrogen-bond acceptors (Lipinski definition) is 1. The van der Waals surface area contributed by atoms with Crippen LogP contribution in [-0.4, -0.2) is 11.1 Å². The van der Waals surface area contributed by atoms with Crippen LogP contribution in [0.15, 0.2) is 24.8 Å². The number of carboxylic acids is 1. The van der Waals surface area contributed by atoms with E-state index in [0.717, 1.165) is 19.3 Å². The highest BCUT2D eigenvalue weighted by Gasteiger charge is 2.12. The van der Waals surface area contributed by atoms with Crippen LogP contribution >= 0.6 is 0 Å². The largest absolute Gasteiger partial charge is 0.481 e. The van der Waals surface area contributed by atoms with Crippen molar-refractivity contribution in [2.24, 2.45) is 5.92 Å². The van der Waals surface area contributed by atoms with Crippen molar-refractivity contribution >= 4 is 5.97 Å². The molecule has 0 saturated heterocycles. The zero-order valence-corrected chi connectivity index (χ0v) is 14.6. The molecule has 0 fully saturated rings. The lowest BCUT2D eigenvalue weighted by Crippen LogP contribution is -2.08. The molecule has 0 aliphatic heterocycles. The molecular formula is C20H36O2. The molecule has 0 saturated carbocycles. The maximum absolute atomic E-state index is 10.9. The van der Waals surface area contributed by atoms with E-state index in [1.807, 2.05) is 12.2 Å². The Bertz CT molecular complexity index is 294. The van der Waals surface area contributed by atoms with E-state index in [-0.39, 0.29) is 0 Å². The summed E-state index contributed by atoms with van der Waals surface area (Å²) in [5, 5.41) is 8.99. The van der Waals surface area contributed by atoms with Gasteiger partial charge in [0, 0.05) is 6.42 Å². The van der Waals surface area contributed by atoms with Crippen LogP contribution in [0.3, 0.4) is 0 Å². The van der Waals surface area contributed by atoms with Gasteiger partial charge in [-0.05, 0) is 31.6 Å². The van der Waals surface area contributed by atoms with Gasteiger partial charge in [0.1, 0.15) is 0 Å². The zero-order chi connectivity index (χ0) is 16.5. The molecule has 22 heavy (non-hydrogen) atoms. The lowest BCUT2D eigenvalue weighted by atomic mass is 9.92. The fourth-order valence-corrected chi connectivity index (χ4v) is 2.87. The first kappa shape index (κ1) is 20.9. The van der Waals surface area contributed by atoms with Crippen molar-refractivity contribution in [1.29, 1.82) is 0 Å². The molecule has 0 aromatic rings. The Morgan fingerprint density at radius 2 is 1.59 bits per heavy atom. The Labute approximate surface area is 137 Å². The van der Waals surface area contributed by atoms with E-state index >= 15 is 0 Å². The van der Waals surface area contributed by atoms with Gasteiger partial charge in [0.2, 0.25) is 0 Å². The summed E-state index contributed by atoms with van der Waals surface area (Å²) in [6.07, 6.45) is 21.0. The van der Waals surface area contributed by atoms with Crippen LogP contribution in [0, 0.1) is 5.92 Å². The third-order valence-electron chi connectivity index (χ3n) is 4.18. The minimum atomic E-state index is -0.630. The second-order valence-electron chi connectivity index (χ2n) is 6.32. The van der Waals surface area contributed by atoms with Crippen LogP contribution in [0.4, 0.5) is 0 Å². The molecule has 0 aromatic heterocycles. The lowest BCUT2D eigenvalue weighted by molar-refractivity contribution is -0.138. The number of allylic oxidation sites excluding steroid dienone is 3. The van der Waals surface area contributed by atoms with E-state index in [9.17, 15) is 4.79 Å². The molecule has 1 unspecified atom stereocenters. The first-order chi connectivity index (χ1) is 10.7. The second kappa shape index (κ2) is 16.3. The van der Waals surface area contributed by atoms with E-state index in [0.29, 0.717) is 12.3 Å². The van der Waals surface area contributed by atoms with E-state index < -0.39 is 5.97 Å². The van der Waals surface area contributed by atoms with Gasteiger partial charge in [0.25, 0.3) is 0 Å². The predicted molar refractivity (Wildman–Crippen MR) is 96.2 cm³/mol. The number of hydrogen-bond donors (Lipinski definition) is 1. The monoisotopic (exact) mass is 308 g/mol. The van der Waals surface area contributed by atoms with Crippen LogP contribution < -0.4 is 0 Å². The normalized spacial score (nSPS) is 12.6. The highest BCUT2D eigenvalue weighted by molar-refractivity contribution is 5.66. The average molecular weight is 309 g/mol. The summed E-state index contributed by atoms with van der Waals surface area (Å²) in [4.78, 5) is 10.9. The van der Waals surface area contributed by atoms with Crippen LogP contribution in [0.25, 0.3) is 0 Å². The van der Waals surface area contributed by atoms with Gasteiger partial charge in [-0.15, -0.1) is 0 Å². The van der Waals surface area contributed by atoms with Gasteiger partial charge in [-0.2, -0.15) is 0 Å². The molecule has 0 rings (SSSR count). The van der Waals surface area contributed by atoms with Gasteiger partial charge in [-0.3, -0.25) is 4.79 Å². The van der Waals surface area contributed by atoms with Crippen molar-refractivity contribution in [3.05, 3.63) is 24.8 Å². The van der Waals surface area contributed by atoms with Crippen LogP contribution in [0.2, 0.25) is 0 Å². The van der Waals surface area contributed by atoms with Gasteiger partial charge in [0.15, 0.2) is 0 Å². The Morgan fingerprint density at radius 1 is 1.00 bits per heavy atom. The third-order valence-corrected chi connectivity index (χ3v) is 4.18. The summed E-state index contributed by atoms with van der Waals surface area (Å²) in [6.45, 7) is 5.85. The average Bonchev–Trinajstić information content (AvgIpc) is 2.48. The Morgan fingerprint density at radius 3 is 2.18 bits per heavy atom. The molecule has 0 amide bonds. The van der Waals surface area contributed by atoms with Crippen molar-refractivity contribution in [2.75, 3.05) is 0 Å². The number of rotatable bonds is 16. The Balaban J connectivity index is 3.55. The first-order valence-electron chi connectivity index (χ1n) is 9.20. The topological polar surface area (TPSA) is 37.3 Å². The van der Waals surface area contributed by atoms with E-state index in [4.69, 9.17) is 5.11 Å². The number of aliphatic carboxylic acids is 1. The van der Waals surface area contributed by atoms with Crippen molar-refractivity contribution < 1.29 is 9.90 Å². The van der Waals surface area contributed by atoms with Gasteiger partial charge < -0.3 is 5.11 Å². The molecular weight excluding hydrogens is 272 g/mol. The van der Waals surface area contributed by atoms with Crippen LogP contribution in [-0.2, 0) is 4.79 Å². The predicted octanol–water partition coefficient (Wildman–Crippen LogP) is 6.52. The number of unbranched alkanes of at least 4 members (excludes halogenated alkanes) is 8. The molecule has 0 aromatic carbocycles. The molecule has 0 heterocycles. The van der Waals surface area contributed by atoms with Crippen LogP contribution in [0.5, 0.6) is 0 Å². The molecule has 2 nitrogen and oxygen atoms in total. The van der Waals surface area contributed by atoms with E-state index in [1.165, 1.54) is 57.8 Å². The molecule has 0 radical (unpaired) electrons. The van der Waals surface area contributed by atoms with Crippen molar-refractivity contribution in [3.63, 3.8) is 0 Å². The number of carbonyl (C=O) groups is 1. The molecule has 2 heteroatoms. The zero-order valence-electron chi connectivity index (χ0n) is 14.6. The van der Waals surface area contributed by atoms with E-state index in [2.05, 4.69) is 19.6 Å². The van der Waals surface area contributed by atoms with Crippen LogP contribution in [0.1, 0.15) is 90.4 Å². The summed E-state index contributed by atoms with van der Waals surface area (Å²) in [5.74, 6) is -0.234. The summed E-state index contributed by atoms with van der Waals surface area (Å²) < 4.78 is 0. The van der Waals surface area contributed by atoms with Gasteiger partial charge in [-0.1, -0.05) is 83.1 Å². The quantitative estimate of drug-likeness (QED) is 0.260. The summed E-state index contributed by atoms with van der Waals surface area (Å²) in [7, 11) is 0. The van der Waals surface area contributed by atoms with Gasteiger partial charge in [0.05, 0.1) is 0 Å². The molecule has 1 atom stereocenters. The minimum absolute atomic E-state index is 0.360. The van der Waals surface area contributed by atoms with Crippen molar-refractivity contribution in [3.8, 4) is 0 Å². The fraction of sp³-hybridized carbons (Fsp3) is 0.750. The molecule has 0 spiro atoms. The first-order valence-corrected chi connectivity index (χ1v) is 9.20. The molecule has 0 bridgehead atoms. The second-order valence-corrected chi connectivity index (χ2v) is 6.32. The summed E-state index contributed by atoms with van der Waals surface area (Å²) in [6, 6.07) is 0. The Kier molecular flexibility index (Phi) is 15.5. The van der Waals surface area contributed by atoms with Gasteiger partial charge >= 0.3 is 5.97 Å². The fourth-order valence-electron chi connectivity index (χ4n) is 2.87. The maximum Gasteiger partial charge on any atom is 0.303 e. The van der Waals surface area contributed by atoms with Crippen molar-refractivity contribution in [1.82, 2.24) is 0 Å². The standard InChI is InChI=1S/C20H36O2/c1-3-5-7-8-9-10-11-12-13-15-17-19(18-20(21)22)16-14-6-4-2/h3,5,7,19H,1,4,6,8-18H2,2H3,(H,21,22)/b7-5-. The summed E-state index contributed by atoms with van der Waals surface area (Å²) in [5.41, 5.74) is 0. The SMILES string of the molecule is C=C/C=C\CCCCCCCCC(CCCCC)CC(=O)O. The van der Waals surface area contributed by atoms with Crippen molar-refractivity contribution in [2.45, 2.75) is 90.4 Å². The molecule has 1 N–H and O–H groups in total. The smallest absolute Gasteiger partial charge is 0.303 e. The molecule has 0 aliphatic carbocycles. The number of carboxylic acid groups (broad SMARTS) is 1. The lowest BCUT2D eigenvalue weighted by Gasteiger charge is -2.14. The summed E-state index contributed by atoms with van der Waals surface area (Å²) >= 11 is 0. The maximum atomic E-state index is 10.9. The van der Waals surface area contributed by atoms with E-state index in [1.54, 1.807) is 0 Å².